The largest absolute Gasteiger partial charge is 0.426 e. The molecule has 0 bridgehead atoms. The molecule has 1 fully saturated rings. The summed E-state index contributed by atoms with van der Waals surface area (Å²) < 4.78 is 12.5. The van der Waals surface area contributed by atoms with Gasteiger partial charge in [0.2, 0.25) is 0 Å². The zero-order chi connectivity index (χ0) is 11.8. The van der Waals surface area contributed by atoms with Crippen LogP contribution in [0.3, 0.4) is 0 Å². The monoisotopic (exact) mass is 231 g/mol. The SMILES string of the molecule is CC(=O)Oc1cccc2c1ccn2CC1CO1. The van der Waals surface area contributed by atoms with Crippen molar-refractivity contribution in [1.29, 1.82) is 0 Å². The molecule has 1 atom stereocenters. The molecule has 1 saturated heterocycles. The number of rotatable bonds is 3. The van der Waals surface area contributed by atoms with Crippen molar-refractivity contribution in [1.82, 2.24) is 4.57 Å². The Morgan fingerprint density at radius 3 is 3.06 bits per heavy atom. The molecule has 17 heavy (non-hydrogen) atoms. The van der Waals surface area contributed by atoms with Crippen LogP contribution in [0.2, 0.25) is 0 Å². The first-order valence-corrected chi connectivity index (χ1v) is 5.62. The molecule has 1 aliphatic heterocycles. The third-order valence-corrected chi connectivity index (χ3v) is 2.83. The van der Waals surface area contributed by atoms with Gasteiger partial charge in [-0.2, -0.15) is 0 Å². The highest BCUT2D eigenvalue weighted by Gasteiger charge is 2.23. The summed E-state index contributed by atoms with van der Waals surface area (Å²) >= 11 is 0. The molecule has 4 heteroatoms. The Kier molecular flexibility index (Phi) is 2.37. The number of aromatic nitrogens is 1. The van der Waals surface area contributed by atoms with Crippen molar-refractivity contribution in [2.75, 3.05) is 6.61 Å². The topological polar surface area (TPSA) is 43.8 Å². The first-order chi connectivity index (χ1) is 8.24. The van der Waals surface area contributed by atoms with Crippen molar-refractivity contribution < 1.29 is 14.3 Å². The molecule has 1 unspecified atom stereocenters. The fourth-order valence-corrected chi connectivity index (χ4v) is 1.99. The minimum absolute atomic E-state index is 0.296. The van der Waals surface area contributed by atoms with E-state index >= 15 is 0 Å². The maximum atomic E-state index is 11.0. The third kappa shape index (κ3) is 2.03. The van der Waals surface area contributed by atoms with Crippen molar-refractivity contribution >= 4 is 16.9 Å². The normalized spacial score (nSPS) is 18.3. The molecule has 1 aliphatic rings. The molecule has 4 nitrogen and oxygen atoms in total. The first-order valence-electron chi connectivity index (χ1n) is 5.62. The summed E-state index contributed by atoms with van der Waals surface area (Å²) in [4.78, 5) is 11.0. The Labute approximate surface area is 98.7 Å². The number of esters is 1. The number of ether oxygens (including phenoxy) is 2. The summed E-state index contributed by atoms with van der Waals surface area (Å²) in [6, 6.07) is 7.69. The summed E-state index contributed by atoms with van der Waals surface area (Å²) in [5.74, 6) is 0.321. The van der Waals surface area contributed by atoms with Gasteiger partial charge in [-0.15, -0.1) is 0 Å². The van der Waals surface area contributed by atoms with Crippen LogP contribution in [0.25, 0.3) is 10.9 Å². The van der Waals surface area contributed by atoms with Crippen molar-refractivity contribution in [2.24, 2.45) is 0 Å². The van der Waals surface area contributed by atoms with E-state index in [4.69, 9.17) is 9.47 Å². The van der Waals surface area contributed by atoms with Gasteiger partial charge >= 0.3 is 5.97 Å². The van der Waals surface area contributed by atoms with Gasteiger partial charge in [0, 0.05) is 18.5 Å². The zero-order valence-corrected chi connectivity index (χ0v) is 9.55. The van der Waals surface area contributed by atoms with E-state index in [0.29, 0.717) is 11.9 Å². The maximum Gasteiger partial charge on any atom is 0.308 e. The van der Waals surface area contributed by atoms with Gasteiger partial charge in [0.15, 0.2) is 0 Å². The van der Waals surface area contributed by atoms with Gasteiger partial charge in [0.25, 0.3) is 0 Å². The Morgan fingerprint density at radius 2 is 2.35 bits per heavy atom. The maximum absolute atomic E-state index is 11.0. The second kappa shape index (κ2) is 3.89. The highest BCUT2D eigenvalue weighted by atomic mass is 16.6. The number of benzene rings is 1. The minimum atomic E-state index is -0.296. The standard InChI is InChI=1S/C13H13NO3/c1-9(15)17-13-4-2-3-12-11(13)5-6-14(12)7-10-8-16-10/h2-6,10H,7-8H2,1H3. The molecule has 0 aliphatic carbocycles. The van der Waals surface area contributed by atoms with Crippen LogP contribution >= 0.6 is 0 Å². The average Bonchev–Trinajstić information content (AvgIpc) is 2.99. The molecule has 88 valence electrons. The molecule has 2 aromatic rings. The molecular weight excluding hydrogens is 218 g/mol. The van der Waals surface area contributed by atoms with Crippen LogP contribution < -0.4 is 4.74 Å². The quantitative estimate of drug-likeness (QED) is 0.461. The van der Waals surface area contributed by atoms with Gasteiger partial charge in [-0.25, -0.2) is 0 Å². The summed E-state index contributed by atoms with van der Waals surface area (Å²) in [6.45, 7) is 3.10. The fourth-order valence-electron chi connectivity index (χ4n) is 1.99. The van der Waals surface area contributed by atoms with Gasteiger partial charge in [-0.3, -0.25) is 4.79 Å². The highest BCUT2D eigenvalue weighted by molar-refractivity contribution is 5.88. The van der Waals surface area contributed by atoms with Gasteiger partial charge in [0.1, 0.15) is 5.75 Å². The van der Waals surface area contributed by atoms with Gasteiger partial charge in [0.05, 0.1) is 24.8 Å². The number of fused-ring (bicyclic) bond motifs is 1. The van der Waals surface area contributed by atoms with Crippen molar-refractivity contribution in [3.05, 3.63) is 30.5 Å². The number of carbonyl (C=O) groups is 1. The fraction of sp³-hybridized carbons (Fsp3) is 0.308. The number of hydrogen-bond acceptors (Lipinski definition) is 3. The van der Waals surface area contributed by atoms with Gasteiger partial charge in [-0.05, 0) is 18.2 Å². The Hall–Kier alpha value is -1.81. The zero-order valence-electron chi connectivity index (χ0n) is 9.55. The van der Waals surface area contributed by atoms with Crippen LogP contribution in [-0.2, 0) is 16.1 Å². The Morgan fingerprint density at radius 1 is 1.53 bits per heavy atom. The van der Waals surface area contributed by atoms with E-state index in [1.165, 1.54) is 6.92 Å². The van der Waals surface area contributed by atoms with Crippen LogP contribution in [0.5, 0.6) is 5.75 Å². The number of epoxide rings is 1. The molecule has 0 spiro atoms. The lowest BCUT2D eigenvalue weighted by molar-refractivity contribution is -0.131. The second-order valence-corrected chi connectivity index (χ2v) is 4.21. The van der Waals surface area contributed by atoms with E-state index in [1.807, 2.05) is 30.5 Å². The third-order valence-electron chi connectivity index (χ3n) is 2.83. The second-order valence-electron chi connectivity index (χ2n) is 4.21. The van der Waals surface area contributed by atoms with Crippen LogP contribution in [0.1, 0.15) is 6.92 Å². The molecule has 1 aromatic heterocycles. The van der Waals surface area contributed by atoms with Crippen LogP contribution in [0.4, 0.5) is 0 Å². The lowest BCUT2D eigenvalue weighted by Gasteiger charge is -2.05. The average molecular weight is 231 g/mol. The van der Waals surface area contributed by atoms with Crippen LogP contribution in [0, 0.1) is 0 Å². The molecule has 0 N–H and O–H groups in total. The van der Waals surface area contributed by atoms with Gasteiger partial charge < -0.3 is 14.0 Å². The predicted octanol–water partition coefficient (Wildman–Crippen LogP) is 1.97. The lowest BCUT2D eigenvalue weighted by atomic mass is 10.2. The van der Waals surface area contributed by atoms with Crippen molar-refractivity contribution in [2.45, 2.75) is 19.6 Å². The molecule has 0 saturated carbocycles. The first kappa shape index (κ1) is 10.4. The molecule has 2 heterocycles. The van der Waals surface area contributed by atoms with E-state index in [9.17, 15) is 4.79 Å². The van der Waals surface area contributed by atoms with Gasteiger partial charge in [-0.1, -0.05) is 6.07 Å². The predicted molar refractivity (Wildman–Crippen MR) is 63.0 cm³/mol. The van der Waals surface area contributed by atoms with Crippen molar-refractivity contribution in [3.63, 3.8) is 0 Å². The number of carbonyl (C=O) groups excluding carboxylic acids is 1. The summed E-state index contributed by atoms with van der Waals surface area (Å²) in [7, 11) is 0. The lowest BCUT2D eigenvalue weighted by Crippen LogP contribution is -2.03. The molecule has 0 radical (unpaired) electrons. The molecule has 1 aromatic carbocycles. The van der Waals surface area contributed by atoms with E-state index in [-0.39, 0.29) is 5.97 Å². The molecule has 0 amide bonds. The minimum Gasteiger partial charge on any atom is -0.426 e. The Bertz CT molecular complexity index is 569. The van der Waals surface area contributed by atoms with Crippen LogP contribution in [-0.4, -0.2) is 23.2 Å². The molecular formula is C13H13NO3. The van der Waals surface area contributed by atoms with E-state index in [1.54, 1.807) is 0 Å². The molecule has 3 rings (SSSR count). The van der Waals surface area contributed by atoms with E-state index < -0.39 is 0 Å². The van der Waals surface area contributed by atoms with Crippen LogP contribution in [0.15, 0.2) is 30.5 Å². The summed E-state index contributed by atoms with van der Waals surface area (Å²) in [5.41, 5.74) is 1.07. The van der Waals surface area contributed by atoms with E-state index in [2.05, 4.69) is 4.57 Å². The summed E-state index contributed by atoms with van der Waals surface area (Å²) in [6.07, 6.45) is 2.34. The smallest absolute Gasteiger partial charge is 0.308 e. The van der Waals surface area contributed by atoms with E-state index in [0.717, 1.165) is 24.1 Å². The number of nitrogens with zero attached hydrogens (tertiary/aromatic N) is 1. The summed E-state index contributed by atoms with van der Waals surface area (Å²) in [5, 5.41) is 0.961. The number of hydrogen-bond donors (Lipinski definition) is 0. The highest BCUT2D eigenvalue weighted by Crippen LogP contribution is 2.27. The van der Waals surface area contributed by atoms with Crippen molar-refractivity contribution in [3.8, 4) is 5.75 Å². The Balaban J connectivity index is 2.01.